The molecule has 0 radical (unpaired) electrons. The molecule has 3 amide bonds. The molecular weight excluding hydrogens is 344 g/mol. The van der Waals surface area contributed by atoms with Crippen molar-refractivity contribution >= 4 is 28.3 Å². The Labute approximate surface area is 149 Å². The zero-order valence-electron chi connectivity index (χ0n) is 14.0. The number of hydrogen-bond donors (Lipinski definition) is 1. The lowest BCUT2D eigenvalue weighted by Crippen LogP contribution is -2.54. The van der Waals surface area contributed by atoms with E-state index >= 15 is 0 Å². The van der Waals surface area contributed by atoms with Crippen molar-refractivity contribution in [3.05, 3.63) is 27.1 Å². The molecule has 2 fully saturated rings. The van der Waals surface area contributed by atoms with Gasteiger partial charge in [-0.3, -0.25) is 14.9 Å². The second-order valence-corrected chi connectivity index (χ2v) is 7.52. The van der Waals surface area contributed by atoms with Gasteiger partial charge in [-0.2, -0.15) is 0 Å². The van der Waals surface area contributed by atoms with Gasteiger partial charge < -0.3 is 15.1 Å². The van der Waals surface area contributed by atoms with Gasteiger partial charge in [-0.05, 0) is 18.9 Å². The Bertz CT molecular complexity index is 648. The van der Waals surface area contributed by atoms with Gasteiger partial charge in [0.15, 0.2) is 0 Å². The Balaban J connectivity index is 1.49. The van der Waals surface area contributed by atoms with E-state index in [1.54, 1.807) is 9.80 Å². The summed E-state index contributed by atoms with van der Waals surface area (Å²) < 4.78 is 0. The molecule has 25 heavy (non-hydrogen) atoms. The third-order valence-electron chi connectivity index (χ3n) is 4.77. The normalized spacial score (nSPS) is 18.9. The lowest BCUT2D eigenvalue weighted by Gasteiger charge is -2.35. The van der Waals surface area contributed by atoms with E-state index in [4.69, 9.17) is 0 Å². The first kappa shape index (κ1) is 17.7. The van der Waals surface area contributed by atoms with E-state index < -0.39 is 4.92 Å². The summed E-state index contributed by atoms with van der Waals surface area (Å²) in [5.41, 5.74) is 0. The fourth-order valence-corrected chi connectivity index (χ4v) is 4.11. The third-order valence-corrected chi connectivity index (χ3v) is 5.79. The highest BCUT2D eigenvalue weighted by Gasteiger charge is 2.27. The van der Waals surface area contributed by atoms with E-state index in [1.165, 1.54) is 31.4 Å². The van der Waals surface area contributed by atoms with Gasteiger partial charge in [-0.15, -0.1) is 0 Å². The predicted molar refractivity (Wildman–Crippen MR) is 93.9 cm³/mol. The summed E-state index contributed by atoms with van der Waals surface area (Å²) in [5.74, 6) is -0.203. The maximum atomic E-state index is 12.4. The topological polar surface area (TPSA) is 95.8 Å². The molecule has 8 nitrogen and oxygen atoms in total. The first-order chi connectivity index (χ1) is 12.0. The van der Waals surface area contributed by atoms with Crippen molar-refractivity contribution < 1.29 is 14.5 Å². The summed E-state index contributed by atoms with van der Waals surface area (Å²) >= 11 is 0.890. The molecule has 1 aromatic rings. The van der Waals surface area contributed by atoms with Crippen LogP contribution in [-0.4, -0.2) is 58.9 Å². The Kier molecular flexibility index (Phi) is 5.52. The molecule has 136 valence electrons. The van der Waals surface area contributed by atoms with Gasteiger partial charge in [0.25, 0.3) is 5.91 Å². The van der Waals surface area contributed by atoms with Gasteiger partial charge in [0.2, 0.25) is 0 Å². The first-order valence-electron chi connectivity index (χ1n) is 8.63. The Hall–Kier alpha value is -2.16. The quantitative estimate of drug-likeness (QED) is 0.656. The molecule has 0 spiro atoms. The van der Waals surface area contributed by atoms with Crippen molar-refractivity contribution in [1.82, 2.24) is 15.1 Å². The molecule has 1 N–H and O–H groups in total. The van der Waals surface area contributed by atoms with E-state index in [-0.39, 0.29) is 23.0 Å². The van der Waals surface area contributed by atoms with E-state index in [0.29, 0.717) is 31.1 Å². The van der Waals surface area contributed by atoms with Gasteiger partial charge in [0.05, 0.1) is 9.80 Å². The minimum atomic E-state index is -0.491. The number of hydrogen-bond acceptors (Lipinski definition) is 5. The third kappa shape index (κ3) is 4.28. The highest BCUT2D eigenvalue weighted by Crippen LogP contribution is 2.25. The first-order valence-corrected chi connectivity index (χ1v) is 9.45. The SMILES string of the molecule is O=C(NC1CCCCC1)N1CCN(C(=O)c2ccc([N+](=O)[O-])s2)CC1. The van der Waals surface area contributed by atoms with Crippen LogP contribution in [0.2, 0.25) is 0 Å². The summed E-state index contributed by atoms with van der Waals surface area (Å²) in [7, 11) is 0. The van der Waals surface area contributed by atoms with Gasteiger partial charge >= 0.3 is 11.0 Å². The number of piperazine rings is 1. The van der Waals surface area contributed by atoms with Gasteiger partial charge in [-0.1, -0.05) is 30.6 Å². The van der Waals surface area contributed by atoms with Crippen LogP contribution in [0.5, 0.6) is 0 Å². The van der Waals surface area contributed by atoms with Crippen LogP contribution in [0.15, 0.2) is 12.1 Å². The zero-order valence-corrected chi connectivity index (χ0v) is 14.8. The number of carbonyl (C=O) groups excluding carboxylic acids is 2. The standard InChI is InChI=1S/C16H22N4O4S/c21-15(13-6-7-14(25-13)20(23)24)18-8-10-19(11-9-18)16(22)17-12-4-2-1-3-5-12/h6-7,12H,1-5,8-11H2,(H,17,22). The number of nitrogens with zero attached hydrogens (tertiary/aromatic N) is 3. The molecule has 1 saturated heterocycles. The van der Waals surface area contributed by atoms with Crippen LogP contribution in [0.25, 0.3) is 0 Å². The van der Waals surface area contributed by atoms with Gasteiger partial charge in [-0.25, -0.2) is 4.79 Å². The minimum Gasteiger partial charge on any atom is -0.335 e. The van der Waals surface area contributed by atoms with Crippen LogP contribution >= 0.6 is 11.3 Å². The van der Waals surface area contributed by atoms with Crippen molar-refractivity contribution in [2.75, 3.05) is 26.2 Å². The average molecular weight is 366 g/mol. The molecule has 1 aliphatic carbocycles. The van der Waals surface area contributed by atoms with E-state index in [2.05, 4.69) is 5.32 Å². The number of urea groups is 1. The number of amides is 3. The lowest BCUT2D eigenvalue weighted by molar-refractivity contribution is -0.380. The largest absolute Gasteiger partial charge is 0.335 e. The van der Waals surface area contributed by atoms with Crippen molar-refractivity contribution in [3.8, 4) is 0 Å². The number of nitrogens with one attached hydrogen (secondary N) is 1. The monoisotopic (exact) mass is 366 g/mol. The van der Waals surface area contributed by atoms with Crippen LogP contribution in [0, 0.1) is 10.1 Å². The zero-order chi connectivity index (χ0) is 17.8. The van der Waals surface area contributed by atoms with Gasteiger partial charge in [0.1, 0.15) is 0 Å². The number of nitro groups is 1. The maximum absolute atomic E-state index is 12.4. The molecule has 2 aliphatic rings. The maximum Gasteiger partial charge on any atom is 0.324 e. The second kappa shape index (κ2) is 7.81. The highest BCUT2D eigenvalue weighted by atomic mass is 32.1. The van der Waals surface area contributed by atoms with Crippen molar-refractivity contribution in [2.24, 2.45) is 0 Å². The molecule has 0 unspecified atom stereocenters. The molecule has 0 bridgehead atoms. The van der Waals surface area contributed by atoms with Crippen molar-refractivity contribution in [1.29, 1.82) is 0 Å². The van der Waals surface area contributed by atoms with E-state index in [9.17, 15) is 19.7 Å². The van der Waals surface area contributed by atoms with E-state index in [1.807, 2.05) is 0 Å². The molecule has 2 heterocycles. The molecule has 1 aliphatic heterocycles. The summed E-state index contributed by atoms with van der Waals surface area (Å²) in [6.07, 6.45) is 5.66. The van der Waals surface area contributed by atoms with Crippen LogP contribution in [0.1, 0.15) is 41.8 Å². The Morgan fingerprint density at radius 3 is 2.32 bits per heavy atom. The molecule has 0 aromatic carbocycles. The smallest absolute Gasteiger partial charge is 0.324 e. The fourth-order valence-electron chi connectivity index (χ4n) is 3.32. The van der Waals surface area contributed by atoms with Crippen molar-refractivity contribution in [3.63, 3.8) is 0 Å². The summed E-state index contributed by atoms with van der Waals surface area (Å²) in [4.78, 5) is 38.8. The minimum absolute atomic E-state index is 0.0335. The second-order valence-electron chi connectivity index (χ2n) is 6.46. The average Bonchev–Trinajstić information content (AvgIpc) is 3.12. The van der Waals surface area contributed by atoms with Crippen LogP contribution < -0.4 is 5.32 Å². The summed E-state index contributed by atoms with van der Waals surface area (Å²) in [6, 6.07) is 3.07. The van der Waals surface area contributed by atoms with Crippen LogP contribution in [0.3, 0.4) is 0 Å². The molecular formula is C16H22N4O4S. The number of rotatable bonds is 3. The molecule has 1 aromatic heterocycles. The Morgan fingerprint density at radius 1 is 1.08 bits per heavy atom. The molecule has 9 heteroatoms. The van der Waals surface area contributed by atoms with Gasteiger partial charge in [0, 0.05) is 38.3 Å². The van der Waals surface area contributed by atoms with Crippen molar-refractivity contribution in [2.45, 2.75) is 38.1 Å². The molecule has 1 saturated carbocycles. The molecule has 0 atom stereocenters. The number of carbonyl (C=O) groups is 2. The Morgan fingerprint density at radius 2 is 1.72 bits per heavy atom. The summed E-state index contributed by atoms with van der Waals surface area (Å²) in [5, 5.41) is 13.8. The predicted octanol–water partition coefficient (Wildman–Crippen LogP) is 2.46. The van der Waals surface area contributed by atoms with Crippen LogP contribution in [0.4, 0.5) is 9.80 Å². The summed E-state index contributed by atoms with van der Waals surface area (Å²) in [6.45, 7) is 1.86. The van der Waals surface area contributed by atoms with Crippen LogP contribution in [-0.2, 0) is 0 Å². The fraction of sp³-hybridized carbons (Fsp3) is 0.625. The highest BCUT2D eigenvalue weighted by molar-refractivity contribution is 7.17. The number of thiophene rings is 1. The lowest BCUT2D eigenvalue weighted by atomic mass is 9.96. The van der Waals surface area contributed by atoms with E-state index in [0.717, 1.165) is 24.2 Å². The molecule has 3 rings (SSSR count).